The number of benzene rings is 2. The molecule has 0 aromatic heterocycles. The van der Waals surface area contributed by atoms with Crippen LogP contribution in [0.25, 0.3) is 0 Å². The van der Waals surface area contributed by atoms with Crippen molar-refractivity contribution in [3.63, 3.8) is 0 Å². The molecule has 134 valence electrons. The van der Waals surface area contributed by atoms with Crippen LogP contribution in [0, 0.1) is 0 Å². The molecule has 0 spiro atoms. The van der Waals surface area contributed by atoms with Crippen LogP contribution in [0.1, 0.15) is 23.3 Å². The molecular formula is C17H18O8. The van der Waals surface area contributed by atoms with E-state index in [1.807, 2.05) is 0 Å². The minimum absolute atomic E-state index is 0.0883. The van der Waals surface area contributed by atoms with Gasteiger partial charge in [0, 0.05) is 12.1 Å². The quantitative estimate of drug-likeness (QED) is 0.450. The number of rotatable bonds is 4. The van der Waals surface area contributed by atoms with Gasteiger partial charge in [0.2, 0.25) is 0 Å². The Morgan fingerprint density at radius 1 is 0.960 bits per heavy atom. The molecule has 6 N–H and O–H groups in total. The van der Waals surface area contributed by atoms with Gasteiger partial charge >= 0.3 is 0 Å². The Bertz CT molecular complexity index is 775. The molecular weight excluding hydrogens is 332 g/mol. The number of aliphatic hydroxyl groups excluding tert-OH is 2. The van der Waals surface area contributed by atoms with Crippen LogP contribution in [0.3, 0.4) is 0 Å². The highest BCUT2D eigenvalue weighted by Gasteiger charge is 2.41. The van der Waals surface area contributed by atoms with E-state index in [0.29, 0.717) is 5.56 Å². The van der Waals surface area contributed by atoms with Gasteiger partial charge in [-0.3, -0.25) is 0 Å². The maximum atomic E-state index is 10.7. The zero-order valence-corrected chi connectivity index (χ0v) is 13.0. The Hall–Kier alpha value is -2.68. The average Bonchev–Trinajstić information content (AvgIpc) is 2.56. The number of phenols is 4. The molecule has 0 bridgehead atoms. The molecule has 8 nitrogen and oxygen atoms in total. The topological polar surface area (TPSA) is 140 Å². The van der Waals surface area contributed by atoms with Crippen molar-refractivity contribution in [1.82, 2.24) is 0 Å². The van der Waals surface area contributed by atoms with Gasteiger partial charge < -0.3 is 40.1 Å². The second kappa shape index (κ2) is 6.67. The van der Waals surface area contributed by atoms with Crippen molar-refractivity contribution in [2.24, 2.45) is 0 Å². The highest BCUT2D eigenvalue weighted by molar-refractivity contribution is 5.53. The van der Waals surface area contributed by atoms with Crippen LogP contribution >= 0.6 is 0 Å². The predicted octanol–water partition coefficient (Wildman–Crippen LogP) is 1.05. The highest BCUT2D eigenvalue weighted by Crippen LogP contribution is 2.48. The van der Waals surface area contributed by atoms with E-state index in [1.54, 1.807) is 0 Å². The van der Waals surface area contributed by atoms with Crippen molar-refractivity contribution in [3.8, 4) is 28.7 Å². The fourth-order valence-electron chi connectivity index (χ4n) is 2.86. The van der Waals surface area contributed by atoms with Gasteiger partial charge in [0.25, 0.3) is 0 Å². The van der Waals surface area contributed by atoms with Crippen molar-refractivity contribution >= 4 is 0 Å². The van der Waals surface area contributed by atoms with Gasteiger partial charge in [-0.15, -0.1) is 0 Å². The zero-order chi connectivity index (χ0) is 18.1. The molecule has 1 aliphatic heterocycles. The van der Waals surface area contributed by atoms with Crippen LogP contribution in [0.5, 0.6) is 28.7 Å². The van der Waals surface area contributed by atoms with Gasteiger partial charge in [-0.2, -0.15) is 0 Å². The fraction of sp³-hybridized carbons (Fsp3) is 0.294. The number of phenolic OH excluding ortho intramolecular Hbond substituents is 4. The molecule has 2 aromatic carbocycles. The van der Waals surface area contributed by atoms with E-state index in [2.05, 4.69) is 0 Å². The Labute approximate surface area is 142 Å². The first kappa shape index (κ1) is 17.2. The molecule has 0 radical (unpaired) electrons. The summed E-state index contributed by atoms with van der Waals surface area (Å²) in [4.78, 5) is 0. The summed E-state index contributed by atoms with van der Waals surface area (Å²) in [6.07, 6.45) is -3.31. The van der Waals surface area contributed by atoms with E-state index in [1.165, 1.54) is 24.3 Å². The molecule has 1 unspecified atom stereocenters. The van der Waals surface area contributed by atoms with Gasteiger partial charge in [0.15, 0.2) is 17.6 Å². The van der Waals surface area contributed by atoms with Gasteiger partial charge in [-0.1, -0.05) is 6.07 Å². The molecule has 0 amide bonds. The van der Waals surface area contributed by atoms with Crippen LogP contribution in [0.4, 0.5) is 0 Å². The van der Waals surface area contributed by atoms with Gasteiger partial charge in [-0.05, 0) is 17.7 Å². The molecule has 0 saturated carbocycles. The Balaban J connectivity index is 2.06. The normalized spacial score (nSPS) is 22.2. The van der Waals surface area contributed by atoms with Crippen molar-refractivity contribution in [2.45, 2.75) is 18.3 Å². The lowest BCUT2D eigenvalue weighted by Crippen LogP contribution is -2.36. The SMILES string of the molecule is OCCOC1c2c(O)cc(O)cc2O[C@H](c2ccc(O)c(O)c2)[C@@H]1O. The minimum Gasteiger partial charge on any atom is -0.508 e. The summed E-state index contributed by atoms with van der Waals surface area (Å²) in [5, 5.41) is 58.5. The summed E-state index contributed by atoms with van der Waals surface area (Å²) < 4.78 is 11.2. The standard InChI is InChI=1S/C17H18O8/c18-3-4-24-17-14-12(22)6-9(19)7-13(14)25-16(15(17)23)8-1-2-10(20)11(21)5-8/h1-2,5-7,15-23H,3-4H2/t15-,16+,17?/m0/s1. The summed E-state index contributed by atoms with van der Waals surface area (Å²) in [5.74, 6) is -1.16. The Morgan fingerprint density at radius 2 is 1.72 bits per heavy atom. The molecule has 0 fully saturated rings. The molecule has 0 aliphatic carbocycles. The number of aliphatic hydroxyl groups is 2. The maximum Gasteiger partial charge on any atom is 0.157 e. The van der Waals surface area contributed by atoms with Crippen LogP contribution in [-0.4, -0.2) is 50.0 Å². The van der Waals surface area contributed by atoms with E-state index in [0.717, 1.165) is 6.07 Å². The fourth-order valence-corrected chi connectivity index (χ4v) is 2.86. The average molecular weight is 350 g/mol. The molecule has 1 aliphatic rings. The van der Waals surface area contributed by atoms with Crippen molar-refractivity contribution in [1.29, 1.82) is 0 Å². The Morgan fingerprint density at radius 3 is 2.40 bits per heavy atom. The lowest BCUT2D eigenvalue weighted by molar-refractivity contribution is -0.108. The molecule has 1 heterocycles. The van der Waals surface area contributed by atoms with Crippen LogP contribution < -0.4 is 4.74 Å². The van der Waals surface area contributed by atoms with E-state index in [4.69, 9.17) is 14.6 Å². The monoisotopic (exact) mass is 350 g/mol. The lowest BCUT2D eigenvalue weighted by atomic mass is 9.91. The zero-order valence-electron chi connectivity index (χ0n) is 13.0. The summed E-state index contributed by atoms with van der Waals surface area (Å²) in [6, 6.07) is 6.31. The smallest absolute Gasteiger partial charge is 0.157 e. The Kier molecular flexibility index (Phi) is 4.58. The van der Waals surface area contributed by atoms with Crippen LogP contribution in [-0.2, 0) is 4.74 Å². The molecule has 3 rings (SSSR count). The minimum atomic E-state index is -1.28. The first-order valence-electron chi connectivity index (χ1n) is 7.57. The third-order valence-corrected chi connectivity index (χ3v) is 3.98. The van der Waals surface area contributed by atoms with Gasteiger partial charge in [0.1, 0.15) is 29.5 Å². The third kappa shape index (κ3) is 3.14. The van der Waals surface area contributed by atoms with Gasteiger partial charge in [-0.25, -0.2) is 0 Å². The second-order valence-corrected chi connectivity index (χ2v) is 5.67. The number of hydrogen-bond donors (Lipinski definition) is 6. The van der Waals surface area contributed by atoms with E-state index in [9.17, 15) is 25.5 Å². The summed E-state index contributed by atoms with van der Waals surface area (Å²) in [5.41, 5.74) is 0.506. The first-order valence-corrected chi connectivity index (χ1v) is 7.57. The van der Waals surface area contributed by atoms with E-state index in [-0.39, 0.29) is 47.5 Å². The number of ether oxygens (including phenoxy) is 2. The van der Waals surface area contributed by atoms with Gasteiger partial charge in [0.05, 0.1) is 18.8 Å². The summed E-state index contributed by atoms with van der Waals surface area (Å²) in [7, 11) is 0. The number of aromatic hydroxyl groups is 4. The molecule has 0 saturated heterocycles. The maximum absolute atomic E-state index is 10.7. The molecule has 3 atom stereocenters. The number of hydrogen-bond acceptors (Lipinski definition) is 8. The molecule has 25 heavy (non-hydrogen) atoms. The third-order valence-electron chi connectivity index (χ3n) is 3.98. The summed E-state index contributed by atoms with van der Waals surface area (Å²) >= 11 is 0. The van der Waals surface area contributed by atoms with E-state index >= 15 is 0 Å². The molecule has 8 heteroatoms. The van der Waals surface area contributed by atoms with Crippen LogP contribution in [0.2, 0.25) is 0 Å². The van der Waals surface area contributed by atoms with E-state index < -0.39 is 18.3 Å². The van der Waals surface area contributed by atoms with Crippen LogP contribution in [0.15, 0.2) is 30.3 Å². The lowest BCUT2D eigenvalue weighted by Gasteiger charge is -2.37. The largest absolute Gasteiger partial charge is 0.508 e. The first-order chi connectivity index (χ1) is 11.9. The summed E-state index contributed by atoms with van der Waals surface area (Å²) in [6.45, 7) is -0.377. The predicted molar refractivity (Wildman–Crippen MR) is 84.7 cm³/mol. The second-order valence-electron chi connectivity index (χ2n) is 5.67. The highest BCUT2D eigenvalue weighted by atomic mass is 16.5. The van der Waals surface area contributed by atoms with Crippen molar-refractivity contribution < 1.29 is 40.1 Å². The van der Waals surface area contributed by atoms with Crippen molar-refractivity contribution in [3.05, 3.63) is 41.5 Å². The molecule has 2 aromatic rings. The number of fused-ring (bicyclic) bond motifs is 1. The van der Waals surface area contributed by atoms with Crippen molar-refractivity contribution in [2.75, 3.05) is 13.2 Å².